The summed E-state index contributed by atoms with van der Waals surface area (Å²) in [6.07, 6.45) is 1.42. The van der Waals surface area contributed by atoms with Gasteiger partial charge in [0, 0.05) is 43.8 Å². The molecule has 1 aliphatic rings. The minimum atomic E-state index is -0.119. The predicted octanol–water partition coefficient (Wildman–Crippen LogP) is 0.231. The Kier molecular flexibility index (Phi) is 4.24. The number of hydrogen-bond acceptors (Lipinski definition) is 5. The number of rotatable bonds is 4. The van der Waals surface area contributed by atoms with Gasteiger partial charge in [-0.2, -0.15) is 11.8 Å². The van der Waals surface area contributed by atoms with Crippen LogP contribution in [0.15, 0.2) is 17.2 Å². The molecule has 0 unspecified atom stereocenters. The van der Waals surface area contributed by atoms with Crippen molar-refractivity contribution in [2.45, 2.75) is 0 Å². The highest BCUT2D eigenvalue weighted by Gasteiger charge is 2.09. The smallest absolute Gasteiger partial charge is 0.252 e. The van der Waals surface area contributed by atoms with Crippen molar-refractivity contribution in [3.63, 3.8) is 0 Å². The number of hydrogen-bond donors (Lipinski definition) is 2. The summed E-state index contributed by atoms with van der Waals surface area (Å²) in [7, 11) is 0. The van der Waals surface area contributed by atoms with Crippen LogP contribution in [-0.2, 0) is 0 Å². The van der Waals surface area contributed by atoms with Gasteiger partial charge in [0.15, 0.2) is 0 Å². The fourth-order valence-electron chi connectivity index (χ4n) is 1.63. The molecule has 1 saturated heterocycles. The lowest BCUT2D eigenvalue weighted by atomic mass is 10.4. The molecule has 1 aromatic rings. The van der Waals surface area contributed by atoms with Crippen molar-refractivity contribution in [2.75, 3.05) is 43.0 Å². The molecule has 1 aliphatic heterocycles. The molecule has 0 aliphatic carbocycles. The molecule has 88 valence electrons. The molecule has 0 aromatic carbocycles. The van der Waals surface area contributed by atoms with Gasteiger partial charge in [-0.1, -0.05) is 0 Å². The SMILES string of the molecule is O=c1cc(NCCN2CCSCC2)nc[nH]1. The first kappa shape index (κ1) is 11.5. The molecule has 6 heteroatoms. The molecule has 2 rings (SSSR count). The van der Waals surface area contributed by atoms with E-state index < -0.39 is 0 Å². The third kappa shape index (κ3) is 3.53. The van der Waals surface area contributed by atoms with Crippen molar-refractivity contribution in [1.82, 2.24) is 14.9 Å². The highest BCUT2D eigenvalue weighted by atomic mass is 32.2. The summed E-state index contributed by atoms with van der Waals surface area (Å²) in [5.74, 6) is 3.10. The van der Waals surface area contributed by atoms with Crippen LogP contribution >= 0.6 is 11.8 Å². The summed E-state index contributed by atoms with van der Waals surface area (Å²) in [4.78, 5) is 20.0. The Balaban J connectivity index is 1.73. The van der Waals surface area contributed by atoms with Crippen LogP contribution in [0, 0.1) is 0 Å². The van der Waals surface area contributed by atoms with Crippen LogP contribution in [0.5, 0.6) is 0 Å². The monoisotopic (exact) mass is 240 g/mol. The number of aromatic nitrogens is 2. The maximum absolute atomic E-state index is 11.0. The van der Waals surface area contributed by atoms with E-state index in [1.54, 1.807) is 0 Å². The Morgan fingerprint density at radius 3 is 3.06 bits per heavy atom. The molecule has 0 spiro atoms. The lowest BCUT2D eigenvalue weighted by molar-refractivity contribution is 0.314. The van der Waals surface area contributed by atoms with Crippen LogP contribution in [0.2, 0.25) is 0 Å². The Morgan fingerprint density at radius 2 is 2.31 bits per heavy atom. The molecular formula is C10H16N4OS. The fourth-order valence-corrected chi connectivity index (χ4v) is 2.61. The number of nitrogens with one attached hydrogen (secondary N) is 2. The molecule has 0 atom stereocenters. The second kappa shape index (κ2) is 5.91. The Hall–Kier alpha value is -1.01. The van der Waals surface area contributed by atoms with Gasteiger partial charge < -0.3 is 10.3 Å². The normalized spacial score (nSPS) is 17.2. The molecule has 1 fully saturated rings. The first-order valence-corrected chi connectivity index (χ1v) is 6.59. The number of nitrogens with zero attached hydrogens (tertiary/aromatic N) is 2. The second-order valence-corrected chi connectivity index (χ2v) is 4.90. The highest BCUT2D eigenvalue weighted by molar-refractivity contribution is 7.99. The van der Waals surface area contributed by atoms with Crippen molar-refractivity contribution >= 4 is 17.6 Å². The molecule has 0 amide bonds. The quantitative estimate of drug-likeness (QED) is 0.789. The van der Waals surface area contributed by atoms with Crippen molar-refractivity contribution < 1.29 is 0 Å². The number of aromatic amines is 1. The summed E-state index contributed by atoms with van der Waals surface area (Å²) in [5, 5.41) is 3.15. The van der Waals surface area contributed by atoms with Crippen molar-refractivity contribution in [3.05, 3.63) is 22.7 Å². The fraction of sp³-hybridized carbons (Fsp3) is 0.600. The molecule has 2 N–H and O–H groups in total. The van der Waals surface area contributed by atoms with Gasteiger partial charge in [0.1, 0.15) is 5.82 Å². The van der Waals surface area contributed by atoms with Gasteiger partial charge in [-0.25, -0.2) is 4.98 Å². The molecule has 1 aromatic heterocycles. The summed E-state index contributed by atoms with van der Waals surface area (Å²) in [6.45, 7) is 4.17. The standard InChI is InChI=1S/C10H16N4OS/c15-10-7-9(12-8-13-10)11-1-2-14-3-5-16-6-4-14/h7-8H,1-6H2,(H2,11,12,13,15). The minimum Gasteiger partial charge on any atom is -0.369 e. The number of thioether (sulfide) groups is 1. The lowest BCUT2D eigenvalue weighted by Crippen LogP contribution is -2.36. The largest absolute Gasteiger partial charge is 0.369 e. The third-order valence-corrected chi connectivity index (χ3v) is 3.46. The molecule has 0 bridgehead atoms. The Bertz CT molecular complexity index is 375. The van der Waals surface area contributed by atoms with Crippen LogP contribution in [0.1, 0.15) is 0 Å². The van der Waals surface area contributed by atoms with Gasteiger partial charge in [0.05, 0.1) is 6.33 Å². The molecular weight excluding hydrogens is 224 g/mol. The third-order valence-electron chi connectivity index (χ3n) is 2.52. The van der Waals surface area contributed by atoms with Crippen LogP contribution < -0.4 is 10.9 Å². The van der Waals surface area contributed by atoms with Gasteiger partial charge in [0.2, 0.25) is 0 Å². The van der Waals surface area contributed by atoms with Gasteiger partial charge >= 0.3 is 0 Å². The van der Waals surface area contributed by atoms with Gasteiger partial charge in [-0.15, -0.1) is 0 Å². The van der Waals surface area contributed by atoms with E-state index in [-0.39, 0.29) is 5.56 Å². The summed E-state index contributed by atoms with van der Waals surface area (Å²) < 4.78 is 0. The topological polar surface area (TPSA) is 61.0 Å². The van der Waals surface area contributed by atoms with Crippen LogP contribution in [-0.4, -0.2) is 52.6 Å². The van der Waals surface area contributed by atoms with E-state index in [1.165, 1.54) is 23.9 Å². The van der Waals surface area contributed by atoms with Gasteiger partial charge in [-0.05, 0) is 0 Å². The van der Waals surface area contributed by atoms with Crippen molar-refractivity contribution in [1.29, 1.82) is 0 Å². The van der Waals surface area contributed by atoms with Crippen LogP contribution in [0.4, 0.5) is 5.82 Å². The zero-order chi connectivity index (χ0) is 11.2. The molecule has 16 heavy (non-hydrogen) atoms. The lowest BCUT2D eigenvalue weighted by Gasteiger charge is -2.26. The maximum Gasteiger partial charge on any atom is 0.252 e. The maximum atomic E-state index is 11.0. The van der Waals surface area contributed by atoms with Crippen molar-refractivity contribution in [2.24, 2.45) is 0 Å². The van der Waals surface area contributed by atoms with Crippen molar-refractivity contribution in [3.8, 4) is 0 Å². The van der Waals surface area contributed by atoms with Crippen LogP contribution in [0.3, 0.4) is 0 Å². The Morgan fingerprint density at radius 1 is 1.50 bits per heavy atom. The Labute approximate surface area is 98.6 Å². The second-order valence-electron chi connectivity index (χ2n) is 3.68. The van der Waals surface area contributed by atoms with Gasteiger partial charge in [-0.3, -0.25) is 9.69 Å². The molecule has 0 saturated carbocycles. The first-order valence-electron chi connectivity index (χ1n) is 5.43. The van der Waals surface area contributed by atoms with E-state index in [1.807, 2.05) is 11.8 Å². The first-order chi connectivity index (χ1) is 7.84. The van der Waals surface area contributed by atoms with E-state index in [4.69, 9.17) is 0 Å². The summed E-state index contributed by atoms with van der Waals surface area (Å²) >= 11 is 2.01. The zero-order valence-corrected chi connectivity index (χ0v) is 9.92. The zero-order valence-electron chi connectivity index (χ0n) is 9.11. The van der Waals surface area contributed by atoms with E-state index in [0.29, 0.717) is 5.82 Å². The average molecular weight is 240 g/mol. The van der Waals surface area contributed by atoms with E-state index >= 15 is 0 Å². The van der Waals surface area contributed by atoms with Gasteiger partial charge in [0.25, 0.3) is 5.56 Å². The number of H-pyrrole nitrogens is 1. The summed E-state index contributed by atoms with van der Waals surface area (Å²) in [5.41, 5.74) is -0.119. The predicted molar refractivity (Wildman–Crippen MR) is 67.1 cm³/mol. The highest BCUT2D eigenvalue weighted by Crippen LogP contribution is 2.08. The van der Waals surface area contributed by atoms with E-state index in [9.17, 15) is 4.79 Å². The van der Waals surface area contributed by atoms with Crippen LogP contribution in [0.25, 0.3) is 0 Å². The van der Waals surface area contributed by atoms with E-state index in [2.05, 4.69) is 20.2 Å². The molecule has 2 heterocycles. The minimum absolute atomic E-state index is 0.119. The molecule has 5 nitrogen and oxygen atoms in total. The average Bonchev–Trinajstić information content (AvgIpc) is 2.30. The molecule has 0 radical (unpaired) electrons. The van der Waals surface area contributed by atoms with E-state index in [0.717, 1.165) is 26.2 Å². The number of anilines is 1. The summed E-state index contributed by atoms with van der Waals surface area (Å²) in [6, 6.07) is 1.48.